The number of hydrogen-bond acceptors (Lipinski definition) is 1. The second-order valence-corrected chi connectivity index (χ2v) is 2.57. The normalized spacial score (nSPS) is 10.8. The lowest BCUT2D eigenvalue weighted by atomic mass is 10.2. The molecule has 0 amide bonds. The molecule has 0 radical (unpaired) electrons. The molecule has 9 heavy (non-hydrogen) atoms. The smallest absolute Gasteiger partial charge is 0.203 e. The first-order chi connectivity index (χ1) is 4.41. The Morgan fingerprint density at radius 2 is 2.22 bits per heavy atom. The van der Waals surface area contributed by atoms with Crippen molar-refractivity contribution in [1.29, 1.82) is 0 Å². The molecule has 0 unspecified atom stereocenters. The van der Waals surface area contributed by atoms with E-state index in [2.05, 4.69) is 13.0 Å². The van der Waals surface area contributed by atoms with E-state index >= 15 is 0 Å². The molecule has 0 spiro atoms. The third kappa shape index (κ3) is 7.76. The molecule has 0 saturated heterocycles. The molecular weight excluding hydrogens is 128 g/mol. The van der Waals surface area contributed by atoms with Crippen LogP contribution in [0.3, 0.4) is 0 Å². The van der Waals surface area contributed by atoms with Crippen molar-refractivity contribution in [2.45, 2.75) is 32.6 Å². The van der Waals surface area contributed by atoms with E-state index in [1.54, 1.807) is 0 Å². The molecule has 0 aromatic carbocycles. The standard InChI is InChI=1S/C7H16OSi/c1-2-3-4-5-6-7-8-9/h6-7H,2-5H2,1,9H3/b7-6+. The van der Waals surface area contributed by atoms with Gasteiger partial charge in [0.05, 0.1) is 6.26 Å². The molecule has 0 saturated carbocycles. The first kappa shape index (κ1) is 8.76. The molecular formula is C7H16OSi. The fourth-order valence-corrected chi connectivity index (χ4v) is 0.869. The highest BCUT2D eigenvalue weighted by Crippen LogP contribution is 1.98. The first-order valence-corrected chi connectivity index (χ1v) is 4.41. The van der Waals surface area contributed by atoms with Crippen LogP contribution < -0.4 is 0 Å². The first-order valence-electron chi connectivity index (χ1n) is 3.59. The van der Waals surface area contributed by atoms with Crippen LogP contribution in [0.5, 0.6) is 0 Å². The van der Waals surface area contributed by atoms with Gasteiger partial charge in [0.1, 0.15) is 0 Å². The van der Waals surface area contributed by atoms with E-state index in [0.717, 1.165) is 10.5 Å². The van der Waals surface area contributed by atoms with Gasteiger partial charge in [-0.15, -0.1) is 0 Å². The van der Waals surface area contributed by atoms with Gasteiger partial charge in [0.2, 0.25) is 10.5 Å². The zero-order chi connectivity index (χ0) is 6.95. The van der Waals surface area contributed by atoms with E-state index in [1.165, 1.54) is 25.7 Å². The Morgan fingerprint density at radius 1 is 1.44 bits per heavy atom. The summed E-state index contributed by atoms with van der Waals surface area (Å²) in [5.74, 6) is 0. The zero-order valence-electron chi connectivity index (χ0n) is 6.39. The van der Waals surface area contributed by atoms with Gasteiger partial charge in [-0.1, -0.05) is 25.8 Å². The molecule has 0 N–H and O–H groups in total. The summed E-state index contributed by atoms with van der Waals surface area (Å²) in [6.07, 6.45) is 9.03. The summed E-state index contributed by atoms with van der Waals surface area (Å²) in [5.41, 5.74) is 0. The number of unbranched alkanes of at least 4 members (excludes halogenated alkanes) is 3. The third-order valence-corrected chi connectivity index (χ3v) is 1.48. The summed E-state index contributed by atoms with van der Waals surface area (Å²) < 4.78 is 4.88. The predicted molar refractivity (Wildman–Crippen MR) is 44.3 cm³/mol. The van der Waals surface area contributed by atoms with Gasteiger partial charge in [0.25, 0.3) is 0 Å². The molecule has 0 aromatic heterocycles. The molecule has 0 aromatic rings. The molecule has 54 valence electrons. The van der Waals surface area contributed by atoms with E-state index in [0.29, 0.717) is 0 Å². The van der Waals surface area contributed by atoms with Crippen LogP contribution in [0, 0.1) is 0 Å². The number of allylic oxidation sites excluding steroid dienone is 1. The summed E-state index contributed by atoms with van der Waals surface area (Å²) in [6, 6.07) is 0. The molecule has 0 aliphatic rings. The Balaban J connectivity index is 2.82. The average molecular weight is 144 g/mol. The van der Waals surface area contributed by atoms with Gasteiger partial charge in [-0.3, -0.25) is 0 Å². The van der Waals surface area contributed by atoms with Crippen LogP contribution >= 0.6 is 0 Å². The predicted octanol–water partition coefficient (Wildman–Crippen LogP) is 1.38. The molecule has 0 heterocycles. The zero-order valence-corrected chi connectivity index (χ0v) is 8.39. The molecule has 1 nitrogen and oxygen atoms in total. The second-order valence-electron chi connectivity index (χ2n) is 2.10. The summed E-state index contributed by atoms with van der Waals surface area (Å²) >= 11 is 0. The van der Waals surface area contributed by atoms with Crippen molar-refractivity contribution in [2.75, 3.05) is 0 Å². The molecule has 0 rings (SSSR count). The monoisotopic (exact) mass is 144 g/mol. The Hall–Kier alpha value is -0.243. The van der Waals surface area contributed by atoms with Crippen molar-refractivity contribution in [3.05, 3.63) is 12.3 Å². The number of rotatable bonds is 5. The maximum atomic E-state index is 4.88. The minimum absolute atomic E-state index is 0.821. The fraction of sp³-hybridized carbons (Fsp3) is 0.714. The molecule has 0 fully saturated rings. The maximum absolute atomic E-state index is 4.88. The lowest BCUT2D eigenvalue weighted by Crippen LogP contribution is -1.72. The molecule has 0 bridgehead atoms. The lowest BCUT2D eigenvalue weighted by Gasteiger charge is -1.90. The molecule has 0 aliphatic carbocycles. The maximum Gasteiger partial charge on any atom is 0.203 e. The Bertz CT molecular complexity index is 71.3. The minimum Gasteiger partial charge on any atom is -0.559 e. The molecule has 2 heteroatoms. The van der Waals surface area contributed by atoms with Gasteiger partial charge in [-0.2, -0.15) is 0 Å². The van der Waals surface area contributed by atoms with Crippen molar-refractivity contribution < 1.29 is 4.43 Å². The van der Waals surface area contributed by atoms with Gasteiger partial charge < -0.3 is 4.43 Å². The van der Waals surface area contributed by atoms with Gasteiger partial charge >= 0.3 is 0 Å². The molecule has 0 atom stereocenters. The summed E-state index contributed by atoms with van der Waals surface area (Å²) in [7, 11) is 0.821. The Morgan fingerprint density at radius 3 is 2.78 bits per heavy atom. The SMILES string of the molecule is CCCCC/C=C/O[SiH3]. The summed E-state index contributed by atoms with van der Waals surface area (Å²) in [6.45, 7) is 2.22. The van der Waals surface area contributed by atoms with Crippen molar-refractivity contribution >= 4 is 10.5 Å². The largest absolute Gasteiger partial charge is 0.559 e. The van der Waals surface area contributed by atoms with Crippen LogP contribution in [0.15, 0.2) is 12.3 Å². The fourth-order valence-electron chi connectivity index (χ4n) is 0.676. The second kappa shape index (κ2) is 7.76. The van der Waals surface area contributed by atoms with Crippen LogP contribution in [-0.2, 0) is 4.43 Å². The Kier molecular flexibility index (Phi) is 7.55. The topological polar surface area (TPSA) is 9.23 Å². The van der Waals surface area contributed by atoms with Crippen molar-refractivity contribution in [3.63, 3.8) is 0 Å². The van der Waals surface area contributed by atoms with Crippen LogP contribution in [-0.4, -0.2) is 10.5 Å². The van der Waals surface area contributed by atoms with E-state index in [9.17, 15) is 0 Å². The van der Waals surface area contributed by atoms with Gasteiger partial charge in [-0.05, 0) is 12.8 Å². The van der Waals surface area contributed by atoms with Crippen LogP contribution in [0.1, 0.15) is 32.6 Å². The quantitative estimate of drug-likeness (QED) is 0.322. The van der Waals surface area contributed by atoms with E-state index in [-0.39, 0.29) is 0 Å². The van der Waals surface area contributed by atoms with E-state index in [4.69, 9.17) is 4.43 Å². The van der Waals surface area contributed by atoms with Crippen molar-refractivity contribution in [3.8, 4) is 0 Å². The highest BCUT2D eigenvalue weighted by atomic mass is 28.2. The highest BCUT2D eigenvalue weighted by Gasteiger charge is 1.79. The lowest BCUT2D eigenvalue weighted by molar-refractivity contribution is 0.530. The highest BCUT2D eigenvalue weighted by molar-refractivity contribution is 5.98. The van der Waals surface area contributed by atoms with Crippen LogP contribution in [0.4, 0.5) is 0 Å². The summed E-state index contributed by atoms with van der Waals surface area (Å²) in [5, 5.41) is 0. The minimum atomic E-state index is 0.821. The van der Waals surface area contributed by atoms with E-state index < -0.39 is 0 Å². The van der Waals surface area contributed by atoms with Crippen molar-refractivity contribution in [2.24, 2.45) is 0 Å². The summed E-state index contributed by atoms with van der Waals surface area (Å²) in [4.78, 5) is 0. The van der Waals surface area contributed by atoms with Crippen LogP contribution in [0.25, 0.3) is 0 Å². The van der Waals surface area contributed by atoms with Gasteiger partial charge in [0.15, 0.2) is 0 Å². The number of hydrogen-bond donors (Lipinski definition) is 0. The van der Waals surface area contributed by atoms with E-state index in [1.807, 2.05) is 6.26 Å². The Labute approximate surface area is 60.6 Å². The van der Waals surface area contributed by atoms with Crippen LogP contribution in [0.2, 0.25) is 0 Å². The van der Waals surface area contributed by atoms with Gasteiger partial charge in [0, 0.05) is 0 Å². The average Bonchev–Trinajstić information content (AvgIpc) is 1.89. The third-order valence-electron chi connectivity index (χ3n) is 1.21. The molecule has 0 aliphatic heterocycles. The van der Waals surface area contributed by atoms with Crippen molar-refractivity contribution in [1.82, 2.24) is 0 Å². The van der Waals surface area contributed by atoms with Gasteiger partial charge in [-0.25, -0.2) is 0 Å².